The molecule has 1 unspecified atom stereocenters. The van der Waals surface area contributed by atoms with Gasteiger partial charge in [-0.3, -0.25) is 0 Å². The van der Waals surface area contributed by atoms with E-state index < -0.39 is 15.6 Å². The Kier molecular flexibility index (Phi) is 3.35. The first kappa shape index (κ1) is 13.3. The number of rotatable bonds is 4. The average molecular weight is 271 g/mol. The van der Waals surface area contributed by atoms with Crippen LogP contribution in [-0.4, -0.2) is 43.6 Å². The number of hydrogen-bond donors (Lipinski definition) is 1. The summed E-state index contributed by atoms with van der Waals surface area (Å²) < 4.78 is 31.4. The van der Waals surface area contributed by atoms with Crippen LogP contribution in [0.4, 0.5) is 0 Å². The number of sulfonamides is 1. The molecule has 1 aliphatic heterocycles. The lowest BCUT2D eigenvalue weighted by molar-refractivity contribution is 0.0279. The summed E-state index contributed by atoms with van der Waals surface area (Å²) in [4.78, 5) is 0.145. The zero-order chi connectivity index (χ0) is 13.4. The first-order valence-corrected chi connectivity index (χ1v) is 7.16. The van der Waals surface area contributed by atoms with E-state index in [4.69, 9.17) is 4.74 Å². The number of aliphatic hydroxyl groups excluding tert-OH is 1. The molecule has 0 saturated carbocycles. The fourth-order valence-electron chi connectivity index (χ4n) is 2.10. The largest absolute Gasteiger partial charge is 0.495 e. The summed E-state index contributed by atoms with van der Waals surface area (Å²) in [6.45, 7) is 1.99. The van der Waals surface area contributed by atoms with E-state index in [2.05, 4.69) is 0 Å². The van der Waals surface area contributed by atoms with E-state index >= 15 is 0 Å². The van der Waals surface area contributed by atoms with Gasteiger partial charge in [0.25, 0.3) is 0 Å². The van der Waals surface area contributed by atoms with Crippen LogP contribution >= 0.6 is 0 Å². The fraction of sp³-hybridized carbons (Fsp3) is 0.500. The molecule has 1 saturated heterocycles. The van der Waals surface area contributed by atoms with Gasteiger partial charge in [0, 0.05) is 6.54 Å². The van der Waals surface area contributed by atoms with E-state index in [0.717, 1.165) is 0 Å². The van der Waals surface area contributed by atoms with Gasteiger partial charge in [0.1, 0.15) is 10.6 Å². The van der Waals surface area contributed by atoms with Gasteiger partial charge < -0.3 is 9.84 Å². The second-order valence-corrected chi connectivity index (χ2v) is 6.46. The Bertz CT molecular complexity index is 539. The number of nitrogens with zero attached hydrogens (tertiary/aromatic N) is 1. The van der Waals surface area contributed by atoms with Crippen LogP contribution < -0.4 is 4.74 Å². The van der Waals surface area contributed by atoms with Crippen molar-refractivity contribution < 1.29 is 18.3 Å². The van der Waals surface area contributed by atoms with Crippen molar-refractivity contribution in [1.82, 2.24) is 4.31 Å². The zero-order valence-electron chi connectivity index (χ0n) is 10.5. The van der Waals surface area contributed by atoms with Gasteiger partial charge in [0.15, 0.2) is 0 Å². The number of hydrogen-bond acceptors (Lipinski definition) is 4. The third-order valence-electron chi connectivity index (χ3n) is 3.43. The molecule has 1 aliphatic rings. The maximum absolute atomic E-state index is 12.5. The summed E-state index contributed by atoms with van der Waals surface area (Å²) in [5.41, 5.74) is -0.695. The molecule has 0 radical (unpaired) electrons. The Balaban J connectivity index is 2.43. The van der Waals surface area contributed by atoms with Crippen molar-refractivity contribution in [3.05, 3.63) is 24.3 Å². The molecular weight excluding hydrogens is 254 g/mol. The molecule has 18 heavy (non-hydrogen) atoms. The maximum atomic E-state index is 12.5. The molecule has 6 heteroatoms. The van der Waals surface area contributed by atoms with Crippen molar-refractivity contribution in [1.29, 1.82) is 0 Å². The van der Waals surface area contributed by atoms with E-state index in [1.54, 1.807) is 25.1 Å². The van der Waals surface area contributed by atoms with Crippen LogP contribution in [0.1, 0.15) is 13.3 Å². The summed E-state index contributed by atoms with van der Waals surface area (Å²) in [5.74, 6) is 0.324. The first-order valence-electron chi connectivity index (χ1n) is 5.72. The van der Waals surface area contributed by atoms with Crippen molar-refractivity contribution >= 4 is 10.0 Å². The molecular formula is C12H17NO4S. The Morgan fingerprint density at radius 1 is 1.44 bits per heavy atom. The van der Waals surface area contributed by atoms with Gasteiger partial charge >= 0.3 is 0 Å². The molecule has 1 atom stereocenters. The highest BCUT2D eigenvalue weighted by atomic mass is 32.2. The zero-order valence-corrected chi connectivity index (χ0v) is 11.3. The van der Waals surface area contributed by atoms with Crippen molar-refractivity contribution in [3.63, 3.8) is 0 Å². The van der Waals surface area contributed by atoms with Gasteiger partial charge in [-0.25, -0.2) is 8.42 Å². The standard InChI is InChI=1S/C12H17NO4S/c1-12(9-14)7-8-13(12)18(15,16)11-6-4-3-5-10(11)17-2/h3-6,14H,7-9H2,1-2H3. The molecule has 1 aromatic carbocycles. The van der Waals surface area contributed by atoms with Crippen LogP contribution in [0.25, 0.3) is 0 Å². The molecule has 1 N–H and O–H groups in total. The molecule has 1 fully saturated rings. The summed E-state index contributed by atoms with van der Waals surface area (Å²) in [6, 6.07) is 6.51. The van der Waals surface area contributed by atoms with Gasteiger partial charge in [-0.1, -0.05) is 12.1 Å². The molecule has 1 heterocycles. The van der Waals surface area contributed by atoms with Crippen molar-refractivity contribution in [3.8, 4) is 5.75 Å². The maximum Gasteiger partial charge on any atom is 0.247 e. The summed E-state index contributed by atoms with van der Waals surface area (Å²) in [7, 11) is -2.18. The Morgan fingerprint density at radius 2 is 2.11 bits per heavy atom. The lowest BCUT2D eigenvalue weighted by atomic mass is 9.91. The second-order valence-electron chi connectivity index (χ2n) is 4.63. The Labute approximate surface area is 107 Å². The number of benzene rings is 1. The lowest BCUT2D eigenvalue weighted by Crippen LogP contribution is -2.62. The van der Waals surface area contributed by atoms with E-state index in [0.29, 0.717) is 18.7 Å². The first-order chi connectivity index (χ1) is 8.45. The third-order valence-corrected chi connectivity index (χ3v) is 5.53. The molecule has 0 bridgehead atoms. The predicted octanol–water partition coefficient (Wildman–Crippen LogP) is 0.841. The van der Waals surface area contributed by atoms with Gasteiger partial charge in [-0.05, 0) is 25.5 Å². The van der Waals surface area contributed by atoms with Crippen LogP contribution in [0.2, 0.25) is 0 Å². The van der Waals surface area contributed by atoms with E-state index in [-0.39, 0.29) is 11.5 Å². The van der Waals surface area contributed by atoms with Gasteiger partial charge in [-0.2, -0.15) is 4.31 Å². The van der Waals surface area contributed by atoms with Crippen molar-refractivity contribution in [2.45, 2.75) is 23.8 Å². The van der Waals surface area contributed by atoms with Crippen LogP contribution in [0, 0.1) is 0 Å². The molecule has 0 aliphatic carbocycles. The molecule has 0 spiro atoms. The molecule has 0 aromatic heterocycles. The predicted molar refractivity (Wildman–Crippen MR) is 67.0 cm³/mol. The lowest BCUT2D eigenvalue weighted by Gasteiger charge is -2.48. The van der Waals surface area contributed by atoms with Gasteiger partial charge in [0.05, 0.1) is 19.3 Å². The highest BCUT2D eigenvalue weighted by Gasteiger charge is 2.48. The second kappa shape index (κ2) is 4.53. The molecule has 5 nitrogen and oxygen atoms in total. The minimum absolute atomic E-state index is 0.145. The third kappa shape index (κ3) is 1.90. The molecule has 100 valence electrons. The summed E-state index contributed by atoms with van der Waals surface area (Å²) >= 11 is 0. The molecule has 1 aromatic rings. The monoisotopic (exact) mass is 271 g/mol. The Hall–Kier alpha value is -1.11. The van der Waals surface area contributed by atoms with Crippen LogP contribution in [-0.2, 0) is 10.0 Å². The molecule has 2 rings (SSSR count). The minimum Gasteiger partial charge on any atom is -0.495 e. The smallest absolute Gasteiger partial charge is 0.247 e. The van der Waals surface area contributed by atoms with E-state index in [1.807, 2.05) is 0 Å². The van der Waals surface area contributed by atoms with Gasteiger partial charge in [0.2, 0.25) is 10.0 Å². The Morgan fingerprint density at radius 3 is 2.61 bits per heavy atom. The average Bonchev–Trinajstić information content (AvgIpc) is 2.35. The number of ether oxygens (including phenoxy) is 1. The highest BCUT2D eigenvalue weighted by Crippen LogP contribution is 2.37. The number of para-hydroxylation sites is 1. The quantitative estimate of drug-likeness (QED) is 0.881. The number of aliphatic hydroxyl groups is 1. The summed E-state index contributed by atoms with van der Waals surface area (Å²) in [5, 5.41) is 9.32. The minimum atomic E-state index is -3.62. The topological polar surface area (TPSA) is 66.8 Å². The van der Waals surface area contributed by atoms with Crippen molar-refractivity contribution in [2.24, 2.45) is 0 Å². The number of methoxy groups -OCH3 is 1. The fourth-order valence-corrected chi connectivity index (χ4v) is 4.06. The van der Waals surface area contributed by atoms with Crippen LogP contribution in [0.5, 0.6) is 5.75 Å². The van der Waals surface area contributed by atoms with Crippen molar-refractivity contribution in [2.75, 3.05) is 20.3 Å². The van der Waals surface area contributed by atoms with Crippen LogP contribution in [0.3, 0.4) is 0 Å². The van der Waals surface area contributed by atoms with E-state index in [9.17, 15) is 13.5 Å². The molecule has 0 amide bonds. The van der Waals surface area contributed by atoms with E-state index in [1.165, 1.54) is 17.5 Å². The SMILES string of the molecule is COc1ccccc1S(=O)(=O)N1CCC1(C)CO. The van der Waals surface area contributed by atoms with Crippen LogP contribution in [0.15, 0.2) is 29.2 Å². The summed E-state index contributed by atoms with van der Waals surface area (Å²) in [6.07, 6.45) is 0.665. The highest BCUT2D eigenvalue weighted by molar-refractivity contribution is 7.89. The van der Waals surface area contributed by atoms with Gasteiger partial charge in [-0.15, -0.1) is 0 Å². The normalized spacial score (nSPS) is 24.6.